The Balaban J connectivity index is 1.73. The average molecular weight is 401 g/mol. The number of carboxylic acids is 1. The van der Waals surface area contributed by atoms with Crippen LogP contribution in [0, 0.1) is 0 Å². The van der Waals surface area contributed by atoms with Crippen LogP contribution in [0.3, 0.4) is 0 Å². The smallest absolute Gasteiger partial charge is 0.280 e. The lowest BCUT2D eigenvalue weighted by Crippen LogP contribution is -2.29. The second-order valence-electron chi connectivity index (χ2n) is 6.02. The molecule has 0 fully saturated rings. The molecule has 2 aromatic heterocycles. The molecule has 1 unspecified atom stereocenters. The van der Waals surface area contributed by atoms with Crippen molar-refractivity contribution in [3.05, 3.63) is 16.7 Å². The number of aromatic amines is 1. The minimum absolute atomic E-state index is 0.0214. The number of aliphatic hydroxyl groups is 1. The van der Waals surface area contributed by atoms with Crippen molar-refractivity contribution in [2.24, 2.45) is 0 Å². The van der Waals surface area contributed by atoms with Gasteiger partial charge in [-0.15, -0.1) is 0 Å². The Bertz CT molecular complexity index is 896. The summed E-state index contributed by atoms with van der Waals surface area (Å²) in [7, 11) is -3.96. The van der Waals surface area contributed by atoms with Crippen LogP contribution in [0.4, 0.5) is 5.95 Å². The summed E-state index contributed by atoms with van der Waals surface area (Å²) in [6.07, 6.45) is -0.107. The number of ether oxygens (including phenoxy) is 1. The van der Waals surface area contributed by atoms with Gasteiger partial charge in [-0.2, -0.15) is 4.98 Å². The Kier molecular flexibility index (Phi) is 7.08. The van der Waals surface area contributed by atoms with Crippen LogP contribution < -0.4 is 21.3 Å². The van der Waals surface area contributed by atoms with Gasteiger partial charge in [0.1, 0.15) is 0 Å². The number of carbonyl (C=O) groups is 1. The Morgan fingerprint density at radius 2 is 2.22 bits per heavy atom. The number of aromatic nitrogens is 4. The van der Waals surface area contributed by atoms with E-state index in [2.05, 4.69) is 15.0 Å². The lowest BCUT2D eigenvalue weighted by molar-refractivity contribution is -0.302. The highest BCUT2D eigenvalue weighted by atomic mass is 31.2. The summed E-state index contributed by atoms with van der Waals surface area (Å²) in [5.41, 5.74) is 5.37. The van der Waals surface area contributed by atoms with Gasteiger partial charge in [-0.05, 0) is 19.0 Å². The van der Waals surface area contributed by atoms with E-state index in [0.717, 1.165) is 0 Å². The van der Waals surface area contributed by atoms with E-state index in [1.54, 1.807) is 0 Å². The van der Waals surface area contributed by atoms with Crippen molar-refractivity contribution in [2.45, 2.75) is 25.5 Å². The number of aliphatic carboxylic acids is 1. The molecule has 27 heavy (non-hydrogen) atoms. The summed E-state index contributed by atoms with van der Waals surface area (Å²) in [4.78, 5) is 43.6. The summed E-state index contributed by atoms with van der Waals surface area (Å²) in [6.45, 7) is 0.262. The standard InChI is InChI=1S/C14H22N5O7P/c15-14-17-12-11(13(23)18-14)16-8-19(12)5-9(20)6-26-3-1-2-4-27(24,25)7-10(21)22/h8-9,20H,1-7H2,(H,21,22)(H,24,25)(H3,15,17,18,23)/p-2/t9-/m0/s1. The number of unbranched alkanes of at least 4 members (excludes halogenated alkanes) is 1. The number of carbonyl (C=O) groups excluding carboxylic acids is 1. The number of nitrogens with one attached hydrogen (secondary N) is 1. The fourth-order valence-corrected chi connectivity index (χ4v) is 3.69. The Morgan fingerprint density at radius 3 is 2.93 bits per heavy atom. The van der Waals surface area contributed by atoms with E-state index in [1.165, 1.54) is 10.9 Å². The quantitative estimate of drug-likeness (QED) is 0.262. The number of aliphatic hydroxyl groups excluding tert-OH is 1. The summed E-state index contributed by atoms with van der Waals surface area (Å²) < 4.78 is 18.1. The molecule has 0 amide bonds. The lowest BCUT2D eigenvalue weighted by Gasteiger charge is -2.23. The van der Waals surface area contributed by atoms with Gasteiger partial charge in [0, 0.05) is 26.1 Å². The first kappa shape index (κ1) is 21.0. The van der Waals surface area contributed by atoms with E-state index in [4.69, 9.17) is 10.5 Å². The zero-order valence-corrected chi connectivity index (χ0v) is 15.3. The molecule has 0 saturated heterocycles. The SMILES string of the molecule is Nc1nc2c(ncn2C[C@H](O)COCCCCP(=O)([O-])CC(=O)[O-])c(=O)[nH]1. The van der Waals surface area contributed by atoms with Crippen LogP contribution in [0.2, 0.25) is 0 Å². The van der Waals surface area contributed by atoms with Crippen LogP contribution in [-0.2, 0) is 20.6 Å². The van der Waals surface area contributed by atoms with Gasteiger partial charge in [0.15, 0.2) is 11.2 Å². The molecule has 2 atom stereocenters. The van der Waals surface area contributed by atoms with Gasteiger partial charge in [-0.1, -0.05) is 0 Å². The predicted octanol–water partition coefficient (Wildman–Crippen LogP) is -2.75. The molecule has 0 aliphatic heterocycles. The van der Waals surface area contributed by atoms with Crippen LogP contribution in [0.1, 0.15) is 12.8 Å². The van der Waals surface area contributed by atoms with E-state index >= 15 is 0 Å². The topological polar surface area (TPSA) is 199 Å². The van der Waals surface area contributed by atoms with Crippen molar-refractivity contribution in [1.82, 2.24) is 19.5 Å². The van der Waals surface area contributed by atoms with Crippen molar-refractivity contribution >= 4 is 30.5 Å². The first-order chi connectivity index (χ1) is 12.7. The molecule has 2 heterocycles. The normalized spacial score (nSPS) is 14.9. The molecule has 4 N–H and O–H groups in total. The number of carboxylic acid groups (broad SMARTS) is 1. The molecule has 0 saturated carbocycles. The number of hydrogen-bond acceptors (Lipinski definition) is 10. The molecule has 0 bridgehead atoms. The fourth-order valence-electron chi connectivity index (χ4n) is 2.44. The first-order valence-electron chi connectivity index (χ1n) is 8.13. The van der Waals surface area contributed by atoms with Gasteiger partial charge in [-0.25, -0.2) is 4.98 Å². The number of nitrogen functional groups attached to an aromatic ring is 1. The van der Waals surface area contributed by atoms with Gasteiger partial charge in [-0.3, -0.25) is 9.78 Å². The third-order valence-electron chi connectivity index (χ3n) is 3.62. The van der Waals surface area contributed by atoms with Gasteiger partial charge in [0.25, 0.3) is 5.56 Å². The second kappa shape index (κ2) is 9.09. The molecule has 0 aliphatic carbocycles. The second-order valence-corrected chi connectivity index (χ2v) is 8.42. The van der Waals surface area contributed by atoms with Gasteiger partial charge >= 0.3 is 0 Å². The molecule has 13 heteroatoms. The zero-order valence-electron chi connectivity index (χ0n) is 14.4. The largest absolute Gasteiger partial charge is 0.799 e. The number of rotatable bonds is 11. The van der Waals surface area contributed by atoms with Crippen LogP contribution in [0.25, 0.3) is 11.2 Å². The van der Waals surface area contributed by atoms with Crippen molar-refractivity contribution < 1.29 is 29.2 Å². The van der Waals surface area contributed by atoms with E-state index < -0.39 is 31.2 Å². The van der Waals surface area contributed by atoms with E-state index in [-0.39, 0.29) is 49.5 Å². The number of imidazole rings is 1. The monoisotopic (exact) mass is 401 g/mol. The highest BCUT2D eigenvalue weighted by Gasteiger charge is 2.13. The number of hydrogen-bond donors (Lipinski definition) is 3. The van der Waals surface area contributed by atoms with E-state index in [1.807, 2.05) is 0 Å². The number of nitrogens with zero attached hydrogens (tertiary/aromatic N) is 3. The lowest BCUT2D eigenvalue weighted by atomic mass is 10.3. The summed E-state index contributed by atoms with van der Waals surface area (Å²) >= 11 is 0. The molecule has 0 spiro atoms. The molecule has 2 aromatic rings. The molecule has 0 radical (unpaired) electrons. The molecular formula is C14H20N5O7P-2. The number of anilines is 1. The average Bonchev–Trinajstić information content (AvgIpc) is 2.92. The van der Waals surface area contributed by atoms with Gasteiger partial charge < -0.3 is 39.5 Å². The van der Waals surface area contributed by atoms with Crippen molar-refractivity contribution in [3.8, 4) is 0 Å². The minimum Gasteiger partial charge on any atom is -0.799 e. The van der Waals surface area contributed by atoms with E-state index in [0.29, 0.717) is 6.42 Å². The minimum atomic E-state index is -3.96. The number of fused-ring (bicyclic) bond motifs is 1. The van der Waals surface area contributed by atoms with Crippen LogP contribution in [-0.4, -0.2) is 62.2 Å². The molecular weight excluding hydrogens is 381 g/mol. The van der Waals surface area contributed by atoms with Gasteiger partial charge in [0.05, 0.1) is 25.6 Å². The summed E-state index contributed by atoms with van der Waals surface area (Å²) in [5.74, 6) is -1.67. The molecule has 2 rings (SSSR count). The summed E-state index contributed by atoms with van der Waals surface area (Å²) in [5, 5.41) is 20.3. The Labute approximate surface area is 153 Å². The maximum atomic E-state index is 11.7. The number of nitrogens with two attached hydrogens (primary N) is 1. The molecule has 0 aromatic carbocycles. The zero-order chi connectivity index (χ0) is 20.0. The highest BCUT2D eigenvalue weighted by Crippen LogP contribution is 2.35. The maximum Gasteiger partial charge on any atom is 0.280 e. The summed E-state index contributed by atoms with van der Waals surface area (Å²) in [6, 6.07) is 0. The highest BCUT2D eigenvalue weighted by molar-refractivity contribution is 7.57. The van der Waals surface area contributed by atoms with Crippen LogP contribution in [0.5, 0.6) is 0 Å². The van der Waals surface area contributed by atoms with Gasteiger partial charge in [0.2, 0.25) is 5.95 Å². The third-order valence-corrected chi connectivity index (χ3v) is 5.36. The van der Waals surface area contributed by atoms with Crippen LogP contribution >= 0.6 is 7.37 Å². The maximum absolute atomic E-state index is 11.7. The molecule has 150 valence electrons. The van der Waals surface area contributed by atoms with E-state index in [9.17, 15) is 29.3 Å². The third kappa shape index (κ3) is 6.43. The number of H-pyrrole nitrogens is 1. The fraction of sp³-hybridized carbons (Fsp3) is 0.571. The predicted molar refractivity (Wildman–Crippen MR) is 91.0 cm³/mol. The first-order valence-corrected chi connectivity index (χ1v) is 10.1. The molecule has 12 nitrogen and oxygen atoms in total. The van der Waals surface area contributed by atoms with Crippen molar-refractivity contribution in [1.29, 1.82) is 0 Å². The van der Waals surface area contributed by atoms with Crippen LogP contribution in [0.15, 0.2) is 11.1 Å². The Morgan fingerprint density at radius 1 is 1.48 bits per heavy atom. The Hall–Kier alpha value is -2.27. The molecule has 0 aliphatic rings. The van der Waals surface area contributed by atoms with Crippen molar-refractivity contribution in [3.63, 3.8) is 0 Å². The van der Waals surface area contributed by atoms with Crippen molar-refractivity contribution in [2.75, 3.05) is 31.3 Å².